The highest BCUT2D eigenvalue weighted by molar-refractivity contribution is 9.10. The minimum absolute atomic E-state index is 0.00940. The zero-order valence-corrected chi connectivity index (χ0v) is 15.2. The average molecular weight is 416 g/mol. The third kappa shape index (κ3) is 3.61. The van der Waals surface area contributed by atoms with Crippen molar-refractivity contribution in [2.24, 2.45) is 5.41 Å². The van der Waals surface area contributed by atoms with Crippen LogP contribution >= 0.6 is 31.9 Å². The van der Waals surface area contributed by atoms with Crippen LogP contribution in [0.2, 0.25) is 0 Å². The molecule has 1 aromatic heterocycles. The van der Waals surface area contributed by atoms with Crippen molar-refractivity contribution < 1.29 is 4.92 Å². The SMILES string of the molecule is CC(C)(C)C(Br)Cc1c([N+](=O)[O-])cnc2ccc(Br)cc12. The number of aromatic nitrogens is 1. The van der Waals surface area contributed by atoms with Crippen molar-refractivity contribution in [2.45, 2.75) is 32.0 Å². The van der Waals surface area contributed by atoms with Crippen molar-refractivity contribution in [3.05, 3.63) is 44.5 Å². The summed E-state index contributed by atoms with van der Waals surface area (Å²) in [6, 6.07) is 5.65. The quantitative estimate of drug-likeness (QED) is 0.390. The lowest BCUT2D eigenvalue weighted by Crippen LogP contribution is -2.23. The van der Waals surface area contributed by atoms with E-state index < -0.39 is 0 Å². The number of nitro groups is 1. The molecule has 0 amide bonds. The van der Waals surface area contributed by atoms with E-state index >= 15 is 0 Å². The number of hydrogen-bond donors (Lipinski definition) is 0. The second-order valence-corrected chi connectivity index (χ2v) is 8.10. The van der Waals surface area contributed by atoms with E-state index in [1.807, 2.05) is 18.2 Å². The van der Waals surface area contributed by atoms with Crippen LogP contribution in [0.15, 0.2) is 28.9 Å². The minimum Gasteiger partial charge on any atom is -0.258 e. The Labute approximate surface area is 140 Å². The van der Waals surface area contributed by atoms with Crippen molar-refractivity contribution in [1.29, 1.82) is 0 Å². The van der Waals surface area contributed by atoms with Crippen molar-refractivity contribution in [3.63, 3.8) is 0 Å². The standard InChI is InChI=1S/C15H16Br2N2O2/c1-15(2,3)14(17)7-11-10-6-9(16)4-5-12(10)18-8-13(11)19(20)21/h4-6,8,14H,7H2,1-3H3. The Bertz CT molecular complexity index is 696. The zero-order chi connectivity index (χ0) is 15.8. The molecule has 0 bridgehead atoms. The molecule has 1 atom stereocenters. The highest BCUT2D eigenvalue weighted by Crippen LogP contribution is 2.35. The highest BCUT2D eigenvalue weighted by atomic mass is 79.9. The molecule has 1 aromatic carbocycles. The largest absolute Gasteiger partial charge is 0.291 e. The molecule has 1 unspecified atom stereocenters. The molecule has 4 nitrogen and oxygen atoms in total. The smallest absolute Gasteiger partial charge is 0.258 e. The van der Waals surface area contributed by atoms with Gasteiger partial charge in [-0.15, -0.1) is 0 Å². The summed E-state index contributed by atoms with van der Waals surface area (Å²) in [5.74, 6) is 0. The number of fused-ring (bicyclic) bond motifs is 1. The Kier molecular flexibility index (Phi) is 4.68. The molecular weight excluding hydrogens is 400 g/mol. The molecule has 21 heavy (non-hydrogen) atoms. The van der Waals surface area contributed by atoms with Gasteiger partial charge in [-0.1, -0.05) is 52.6 Å². The van der Waals surface area contributed by atoms with Gasteiger partial charge in [0.1, 0.15) is 6.20 Å². The van der Waals surface area contributed by atoms with Crippen LogP contribution in [0, 0.1) is 15.5 Å². The number of alkyl halides is 1. The maximum atomic E-state index is 11.3. The average Bonchev–Trinajstić information content (AvgIpc) is 2.37. The van der Waals surface area contributed by atoms with Gasteiger partial charge < -0.3 is 0 Å². The predicted molar refractivity (Wildman–Crippen MR) is 92.0 cm³/mol. The molecule has 0 radical (unpaired) electrons. The number of hydrogen-bond acceptors (Lipinski definition) is 3. The van der Waals surface area contributed by atoms with Gasteiger partial charge >= 0.3 is 0 Å². The van der Waals surface area contributed by atoms with Gasteiger partial charge in [0.05, 0.1) is 10.4 Å². The van der Waals surface area contributed by atoms with Crippen LogP contribution in [0.5, 0.6) is 0 Å². The molecule has 112 valence electrons. The second kappa shape index (κ2) is 6.01. The fraction of sp³-hybridized carbons (Fsp3) is 0.400. The van der Waals surface area contributed by atoms with Crippen LogP contribution in [0.1, 0.15) is 26.3 Å². The maximum Gasteiger partial charge on any atom is 0.291 e. The summed E-state index contributed by atoms with van der Waals surface area (Å²) in [6.45, 7) is 6.33. The van der Waals surface area contributed by atoms with Crippen LogP contribution < -0.4 is 0 Å². The van der Waals surface area contributed by atoms with Gasteiger partial charge in [0.2, 0.25) is 0 Å². The van der Waals surface area contributed by atoms with Crippen molar-refractivity contribution in [3.8, 4) is 0 Å². The van der Waals surface area contributed by atoms with Crippen LogP contribution in [0.4, 0.5) is 5.69 Å². The Morgan fingerprint density at radius 2 is 2.05 bits per heavy atom. The van der Waals surface area contributed by atoms with Gasteiger partial charge in [0, 0.05) is 20.2 Å². The molecule has 0 spiro atoms. The Morgan fingerprint density at radius 1 is 1.38 bits per heavy atom. The summed E-state index contributed by atoms with van der Waals surface area (Å²) in [6.07, 6.45) is 1.93. The van der Waals surface area contributed by atoms with Gasteiger partial charge in [-0.2, -0.15) is 0 Å². The Morgan fingerprint density at radius 3 is 2.62 bits per heavy atom. The molecular formula is C15H16Br2N2O2. The lowest BCUT2D eigenvalue weighted by atomic mass is 9.87. The summed E-state index contributed by atoms with van der Waals surface area (Å²) in [5.41, 5.74) is 1.58. The number of halogens is 2. The summed E-state index contributed by atoms with van der Waals surface area (Å²) in [7, 11) is 0. The predicted octanol–water partition coefficient (Wildman–Crippen LogP) is 5.26. The van der Waals surface area contributed by atoms with Gasteiger partial charge in [0.15, 0.2) is 0 Å². The Balaban J connectivity index is 2.64. The normalized spacial score (nSPS) is 13.4. The first kappa shape index (κ1) is 16.4. The summed E-state index contributed by atoms with van der Waals surface area (Å²) in [4.78, 5) is 15.3. The Hall–Kier alpha value is -1.01. The van der Waals surface area contributed by atoms with E-state index in [0.29, 0.717) is 6.42 Å². The fourth-order valence-corrected chi connectivity index (χ4v) is 2.75. The number of benzene rings is 1. The summed E-state index contributed by atoms with van der Waals surface area (Å²) >= 11 is 7.09. The molecule has 2 rings (SSSR count). The van der Waals surface area contributed by atoms with Crippen molar-refractivity contribution in [2.75, 3.05) is 0 Å². The summed E-state index contributed by atoms with van der Waals surface area (Å²) < 4.78 is 0.889. The number of nitrogens with zero attached hydrogens (tertiary/aromatic N) is 2. The fourth-order valence-electron chi connectivity index (χ4n) is 2.07. The van der Waals surface area contributed by atoms with Crippen LogP contribution in [-0.4, -0.2) is 14.7 Å². The van der Waals surface area contributed by atoms with E-state index in [2.05, 4.69) is 57.6 Å². The third-order valence-electron chi connectivity index (χ3n) is 3.44. The monoisotopic (exact) mass is 414 g/mol. The molecule has 2 aromatic rings. The van der Waals surface area contributed by atoms with E-state index in [-0.39, 0.29) is 20.9 Å². The first-order chi connectivity index (χ1) is 9.70. The van der Waals surface area contributed by atoms with Gasteiger partial charge in [0.25, 0.3) is 5.69 Å². The third-order valence-corrected chi connectivity index (χ3v) is 5.63. The number of rotatable bonds is 3. The van der Waals surface area contributed by atoms with Crippen LogP contribution in [0.3, 0.4) is 0 Å². The molecule has 0 aliphatic carbocycles. The molecule has 0 fully saturated rings. The van der Waals surface area contributed by atoms with E-state index in [4.69, 9.17) is 0 Å². The maximum absolute atomic E-state index is 11.3. The first-order valence-corrected chi connectivity index (χ1v) is 8.26. The van der Waals surface area contributed by atoms with Crippen LogP contribution in [-0.2, 0) is 6.42 Å². The van der Waals surface area contributed by atoms with E-state index in [1.54, 1.807) is 0 Å². The molecule has 0 N–H and O–H groups in total. The van der Waals surface area contributed by atoms with Crippen molar-refractivity contribution in [1.82, 2.24) is 4.98 Å². The van der Waals surface area contributed by atoms with Crippen LogP contribution in [0.25, 0.3) is 10.9 Å². The van der Waals surface area contributed by atoms with Crippen molar-refractivity contribution >= 4 is 48.5 Å². The molecule has 0 aliphatic rings. The molecule has 0 saturated heterocycles. The van der Waals surface area contributed by atoms with Gasteiger partial charge in [-0.05, 0) is 30.0 Å². The molecule has 6 heteroatoms. The lowest BCUT2D eigenvalue weighted by Gasteiger charge is -2.25. The minimum atomic E-state index is -0.356. The molecule has 0 aliphatic heterocycles. The first-order valence-electron chi connectivity index (χ1n) is 6.55. The molecule has 0 saturated carbocycles. The van der Waals surface area contributed by atoms with Gasteiger partial charge in [-0.3, -0.25) is 10.1 Å². The topological polar surface area (TPSA) is 56.0 Å². The second-order valence-electron chi connectivity index (χ2n) is 6.08. The van der Waals surface area contributed by atoms with E-state index in [1.165, 1.54) is 6.20 Å². The van der Waals surface area contributed by atoms with E-state index in [9.17, 15) is 10.1 Å². The molecule has 1 heterocycles. The lowest BCUT2D eigenvalue weighted by molar-refractivity contribution is -0.385. The zero-order valence-electron chi connectivity index (χ0n) is 12.1. The summed E-state index contributed by atoms with van der Waals surface area (Å²) in [5, 5.41) is 12.1. The van der Waals surface area contributed by atoms with E-state index in [0.717, 1.165) is 20.9 Å². The van der Waals surface area contributed by atoms with Gasteiger partial charge in [-0.25, -0.2) is 4.98 Å². The number of pyridine rings is 1. The highest BCUT2D eigenvalue weighted by Gasteiger charge is 2.27.